The Balaban J connectivity index is 2.85. The summed E-state index contributed by atoms with van der Waals surface area (Å²) in [4.78, 5) is 11.3. The molecule has 0 bridgehead atoms. The first kappa shape index (κ1) is 12.3. The third kappa shape index (κ3) is 2.88. The average Bonchev–Trinajstić information content (AvgIpc) is 2.54. The molecule has 0 atom stereocenters. The maximum absolute atomic E-state index is 12.0. The number of nitrogens with one attached hydrogen (secondary N) is 1. The van der Waals surface area contributed by atoms with Gasteiger partial charge in [-0.05, 0) is 0 Å². The summed E-state index contributed by atoms with van der Waals surface area (Å²) in [5.41, 5.74) is 5.44. The Morgan fingerprint density at radius 1 is 1.62 bits per heavy atom. The summed E-state index contributed by atoms with van der Waals surface area (Å²) in [5.74, 6) is -0.558. The zero-order chi connectivity index (χ0) is 12.3. The van der Waals surface area contributed by atoms with Crippen molar-refractivity contribution >= 4 is 11.6 Å². The summed E-state index contributed by atoms with van der Waals surface area (Å²) in [6.45, 7) is -0.427. The molecule has 0 fully saturated rings. The first-order valence-corrected chi connectivity index (χ1v) is 4.45. The molecule has 0 saturated carbocycles. The van der Waals surface area contributed by atoms with Crippen molar-refractivity contribution in [3.05, 3.63) is 11.9 Å². The minimum Gasteiger partial charge on any atom is -0.396 e. The number of alkyl halides is 3. The zero-order valence-corrected chi connectivity index (χ0v) is 8.51. The molecule has 0 unspecified atom stereocenters. The van der Waals surface area contributed by atoms with Crippen molar-refractivity contribution in [3.8, 4) is 0 Å². The van der Waals surface area contributed by atoms with Crippen LogP contribution in [-0.2, 0) is 6.54 Å². The van der Waals surface area contributed by atoms with Gasteiger partial charge >= 0.3 is 6.18 Å². The van der Waals surface area contributed by atoms with Gasteiger partial charge in [0.15, 0.2) is 0 Å². The second kappa shape index (κ2) is 4.42. The van der Waals surface area contributed by atoms with Crippen LogP contribution in [0.2, 0.25) is 0 Å². The zero-order valence-electron chi connectivity index (χ0n) is 8.51. The number of amides is 1. The topological polar surface area (TPSA) is 72.9 Å². The van der Waals surface area contributed by atoms with E-state index in [9.17, 15) is 18.0 Å². The fraction of sp³-hybridized carbons (Fsp3) is 0.500. The Kier molecular flexibility index (Phi) is 3.41. The molecule has 1 aromatic rings. The molecule has 1 rings (SSSR count). The normalized spacial score (nSPS) is 11.5. The van der Waals surface area contributed by atoms with Gasteiger partial charge in [-0.25, -0.2) is 0 Å². The lowest BCUT2D eigenvalue weighted by atomic mass is 10.3. The predicted octanol–water partition coefficient (Wildman–Crippen LogP) is 0.777. The molecule has 1 aromatic heterocycles. The van der Waals surface area contributed by atoms with Crippen molar-refractivity contribution in [1.29, 1.82) is 0 Å². The maximum Gasteiger partial charge on any atom is 0.390 e. The van der Waals surface area contributed by atoms with Gasteiger partial charge < -0.3 is 11.1 Å². The second-order valence-corrected chi connectivity index (χ2v) is 3.12. The molecule has 90 valence electrons. The first-order valence-electron chi connectivity index (χ1n) is 4.45. The standard InChI is InChI=1S/C8H11F3N4O/c1-13-7(16)6-5(12)4-14-15(6)3-2-8(9,10)11/h4H,2-3,12H2,1H3,(H,13,16). The molecule has 5 nitrogen and oxygen atoms in total. The van der Waals surface area contributed by atoms with E-state index < -0.39 is 25.0 Å². The highest BCUT2D eigenvalue weighted by molar-refractivity contribution is 5.97. The van der Waals surface area contributed by atoms with Gasteiger partial charge in [0.1, 0.15) is 5.69 Å². The fourth-order valence-electron chi connectivity index (χ4n) is 1.17. The number of nitrogens with two attached hydrogens (primary N) is 1. The number of aromatic nitrogens is 2. The third-order valence-corrected chi connectivity index (χ3v) is 1.92. The largest absolute Gasteiger partial charge is 0.396 e. The Bertz CT molecular complexity index is 385. The molecule has 0 radical (unpaired) electrons. The van der Waals surface area contributed by atoms with Crippen molar-refractivity contribution in [2.24, 2.45) is 0 Å². The summed E-state index contributed by atoms with van der Waals surface area (Å²) in [5, 5.41) is 5.90. The highest BCUT2D eigenvalue weighted by Crippen LogP contribution is 2.21. The molecule has 0 saturated heterocycles. The van der Waals surface area contributed by atoms with E-state index in [1.54, 1.807) is 0 Å². The smallest absolute Gasteiger partial charge is 0.390 e. The monoisotopic (exact) mass is 236 g/mol. The van der Waals surface area contributed by atoms with Gasteiger partial charge in [0.05, 0.1) is 24.8 Å². The number of halogens is 3. The van der Waals surface area contributed by atoms with Crippen LogP contribution in [0.3, 0.4) is 0 Å². The molecule has 8 heteroatoms. The Morgan fingerprint density at radius 2 is 2.25 bits per heavy atom. The van der Waals surface area contributed by atoms with Crippen molar-refractivity contribution in [2.45, 2.75) is 19.1 Å². The highest BCUT2D eigenvalue weighted by Gasteiger charge is 2.28. The van der Waals surface area contributed by atoms with Gasteiger partial charge in [-0.2, -0.15) is 18.3 Å². The van der Waals surface area contributed by atoms with Gasteiger partial charge in [0.25, 0.3) is 5.91 Å². The van der Waals surface area contributed by atoms with Crippen LogP contribution >= 0.6 is 0 Å². The van der Waals surface area contributed by atoms with E-state index in [4.69, 9.17) is 5.73 Å². The summed E-state index contributed by atoms with van der Waals surface area (Å²) < 4.78 is 36.9. The van der Waals surface area contributed by atoms with Crippen molar-refractivity contribution < 1.29 is 18.0 Å². The predicted molar refractivity (Wildman–Crippen MR) is 50.7 cm³/mol. The van der Waals surface area contributed by atoms with Crippen LogP contribution in [0.15, 0.2) is 6.20 Å². The fourth-order valence-corrected chi connectivity index (χ4v) is 1.17. The van der Waals surface area contributed by atoms with E-state index in [0.717, 1.165) is 10.9 Å². The Morgan fingerprint density at radius 3 is 2.75 bits per heavy atom. The lowest BCUT2D eigenvalue weighted by Crippen LogP contribution is -2.24. The number of hydrogen-bond donors (Lipinski definition) is 2. The number of rotatable bonds is 3. The summed E-state index contributed by atoms with van der Waals surface area (Å²) in [6, 6.07) is 0. The van der Waals surface area contributed by atoms with Crippen LogP contribution in [0.5, 0.6) is 0 Å². The summed E-state index contributed by atoms with van der Waals surface area (Å²) in [6.07, 6.45) is -4.19. The average molecular weight is 236 g/mol. The lowest BCUT2D eigenvalue weighted by molar-refractivity contribution is -0.137. The molecule has 16 heavy (non-hydrogen) atoms. The van der Waals surface area contributed by atoms with Crippen molar-refractivity contribution in [2.75, 3.05) is 12.8 Å². The number of carbonyl (C=O) groups is 1. The number of nitrogens with zero attached hydrogens (tertiary/aromatic N) is 2. The van der Waals surface area contributed by atoms with Crippen LogP contribution in [-0.4, -0.2) is 28.9 Å². The molecule has 3 N–H and O–H groups in total. The van der Waals surface area contributed by atoms with Gasteiger partial charge in [0, 0.05) is 7.05 Å². The minimum absolute atomic E-state index is 0.0493. The second-order valence-electron chi connectivity index (χ2n) is 3.12. The van der Waals surface area contributed by atoms with E-state index in [1.165, 1.54) is 7.05 Å². The van der Waals surface area contributed by atoms with Crippen LogP contribution in [0.1, 0.15) is 16.9 Å². The third-order valence-electron chi connectivity index (χ3n) is 1.92. The molecular formula is C8H11F3N4O. The number of anilines is 1. The first-order chi connectivity index (χ1) is 7.35. The van der Waals surface area contributed by atoms with E-state index in [1.807, 2.05) is 0 Å². The summed E-state index contributed by atoms with van der Waals surface area (Å²) in [7, 11) is 1.36. The van der Waals surface area contributed by atoms with Crippen LogP contribution in [0, 0.1) is 0 Å². The van der Waals surface area contributed by atoms with Gasteiger partial charge in [0.2, 0.25) is 0 Å². The number of hydrogen-bond acceptors (Lipinski definition) is 3. The Labute approximate surface area is 89.4 Å². The molecule has 1 amide bonds. The van der Waals surface area contributed by atoms with E-state index in [-0.39, 0.29) is 11.4 Å². The quantitative estimate of drug-likeness (QED) is 0.814. The van der Waals surface area contributed by atoms with E-state index in [0.29, 0.717) is 0 Å². The van der Waals surface area contributed by atoms with Crippen LogP contribution < -0.4 is 11.1 Å². The van der Waals surface area contributed by atoms with Crippen molar-refractivity contribution in [3.63, 3.8) is 0 Å². The minimum atomic E-state index is -4.29. The summed E-state index contributed by atoms with van der Waals surface area (Å²) >= 11 is 0. The van der Waals surface area contributed by atoms with Gasteiger partial charge in [-0.15, -0.1) is 0 Å². The molecule has 0 aliphatic heterocycles. The van der Waals surface area contributed by atoms with Gasteiger partial charge in [-0.3, -0.25) is 9.48 Å². The van der Waals surface area contributed by atoms with E-state index >= 15 is 0 Å². The van der Waals surface area contributed by atoms with Crippen LogP contribution in [0.25, 0.3) is 0 Å². The molecule has 1 heterocycles. The maximum atomic E-state index is 12.0. The number of nitrogen functional groups attached to an aromatic ring is 1. The number of carbonyl (C=O) groups excluding carboxylic acids is 1. The molecule has 0 aliphatic carbocycles. The lowest BCUT2D eigenvalue weighted by Gasteiger charge is -2.09. The Hall–Kier alpha value is -1.73. The highest BCUT2D eigenvalue weighted by atomic mass is 19.4. The molecule has 0 aliphatic rings. The number of aryl methyl sites for hydroxylation is 1. The molecule has 0 spiro atoms. The molecular weight excluding hydrogens is 225 g/mol. The van der Waals surface area contributed by atoms with E-state index in [2.05, 4.69) is 10.4 Å². The van der Waals surface area contributed by atoms with Crippen molar-refractivity contribution in [1.82, 2.24) is 15.1 Å². The van der Waals surface area contributed by atoms with Crippen LogP contribution in [0.4, 0.5) is 18.9 Å². The SMILES string of the molecule is CNC(=O)c1c(N)cnn1CCC(F)(F)F. The van der Waals surface area contributed by atoms with Gasteiger partial charge in [-0.1, -0.05) is 0 Å². The molecule has 0 aromatic carbocycles.